The molecule has 0 spiro atoms. The number of nitrogens with one attached hydrogen (secondary N) is 1. The maximum absolute atomic E-state index is 6.17. The molecule has 2 heteroatoms. The van der Waals surface area contributed by atoms with Gasteiger partial charge in [-0.15, -0.1) is 0 Å². The molecule has 0 radical (unpaired) electrons. The van der Waals surface area contributed by atoms with Gasteiger partial charge < -0.3 is 5.32 Å². The van der Waals surface area contributed by atoms with E-state index < -0.39 is 0 Å². The Hall–Kier alpha value is -1.31. The molecule has 2 aliphatic rings. The Balaban J connectivity index is 1.91. The van der Waals surface area contributed by atoms with Gasteiger partial charge in [-0.2, -0.15) is 0 Å². The summed E-state index contributed by atoms with van der Waals surface area (Å²) >= 11 is 6.17. The summed E-state index contributed by atoms with van der Waals surface area (Å²) in [7, 11) is 0. The highest BCUT2D eigenvalue weighted by molar-refractivity contribution is 6.30. The Morgan fingerprint density at radius 2 is 1.95 bits per heavy atom. The van der Waals surface area contributed by atoms with Gasteiger partial charge in [-0.05, 0) is 54.2 Å². The van der Waals surface area contributed by atoms with Crippen molar-refractivity contribution in [3.05, 3.63) is 69.7 Å². The van der Waals surface area contributed by atoms with E-state index in [1.807, 2.05) is 6.07 Å². The molecule has 1 nitrogen and oxygen atoms in total. The fourth-order valence-electron chi connectivity index (χ4n) is 3.70. The van der Waals surface area contributed by atoms with Crippen LogP contribution in [0.25, 0.3) is 0 Å². The standard InChI is InChI=1S/C17H16ClN/c1-17-10-12-5-3-2-4-11(12)8-16(19-17)14-9-13(18)6-7-15(14)17/h2-7,9,16,19H,8,10H2,1H3. The number of halogens is 1. The van der Waals surface area contributed by atoms with Gasteiger partial charge in [-0.3, -0.25) is 0 Å². The van der Waals surface area contributed by atoms with E-state index in [4.69, 9.17) is 11.6 Å². The van der Waals surface area contributed by atoms with Gasteiger partial charge in [0.25, 0.3) is 0 Å². The summed E-state index contributed by atoms with van der Waals surface area (Å²) in [6.07, 6.45) is 2.10. The topological polar surface area (TPSA) is 12.0 Å². The predicted octanol–water partition coefficient (Wildman–Crippen LogP) is 4.00. The van der Waals surface area contributed by atoms with E-state index in [0.717, 1.165) is 17.9 Å². The Morgan fingerprint density at radius 1 is 1.16 bits per heavy atom. The number of rotatable bonds is 0. The first-order valence-corrected chi connectivity index (χ1v) is 7.18. The normalized spacial score (nSPS) is 27.6. The molecule has 19 heavy (non-hydrogen) atoms. The van der Waals surface area contributed by atoms with Crippen molar-refractivity contribution < 1.29 is 0 Å². The SMILES string of the molecule is CC12Cc3ccccc3CC(N1)c1cc(Cl)ccc12. The smallest absolute Gasteiger partial charge is 0.0455 e. The molecule has 0 saturated heterocycles. The first-order valence-electron chi connectivity index (χ1n) is 6.80. The van der Waals surface area contributed by atoms with Gasteiger partial charge in [0, 0.05) is 16.6 Å². The Labute approximate surface area is 118 Å². The van der Waals surface area contributed by atoms with Crippen LogP contribution in [0.15, 0.2) is 42.5 Å². The average molecular weight is 270 g/mol. The highest BCUT2D eigenvalue weighted by Crippen LogP contribution is 2.44. The molecule has 1 N–H and O–H groups in total. The molecule has 0 saturated carbocycles. The molecule has 2 aromatic carbocycles. The first-order chi connectivity index (χ1) is 9.16. The van der Waals surface area contributed by atoms with Crippen LogP contribution < -0.4 is 5.32 Å². The number of hydrogen-bond donors (Lipinski definition) is 1. The van der Waals surface area contributed by atoms with Crippen LogP contribution in [-0.4, -0.2) is 0 Å². The van der Waals surface area contributed by atoms with E-state index in [9.17, 15) is 0 Å². The fraction of sp³-hybridized carbons (Fsp3) is 0.294. The van der Waals surface area contributed by atoms with Crippen LogP contribution in [0, 0.1) is 0 Å². The van der Waals surface area contributed by atoms with E-state index in [-0.39, 0.29) is 5.54 Å². The molecular weight excluding hydrogens is 254 g/mol. The van der Waals surface area contributed by atoms with Crippen molar-refractivity contribution in [3.8, 4) is 0 Å². The van der Waals surface area contributed by atoms with Crippen LogP contribution >= 0.6 is 11.6 Å². The van der Waals surface area contributed by atoms with Crippen molar-refractivity contribution in [2.75, 3.05) is 0 Å². The summed E-state index contributed by atoms with van der Waals surface area (Å²) in [5.41, 5.74) is 5.77. The van der Waals surface area contributed by atoms with E-state index in [1.165, 1.54) is 22.3 Å². The third kappa shape index (κ3) is 1.65. The molecular formula is C17H16ClN. The minimum absolute atomic E-state index is 0.0389. The Bertz CT molecular complexity index is 664. The monoisotopic (exact) mass is 269 g/mol. The minimum Gasteiger partial charge on any atom is -0.300 e. The molecule has 2 bridgehead atoms. The Morgan fingerprint density at radius 3 is 2.79 bits per heavy atom. The largest absolute Gasteiger partial charge is 0.300 e. The zero-order valence-corrected chi connectivity index (χ0v) is 11.7. The molecule has 2 atom stereocenters. The van der Waals surface area contributed by atoms with Crippen molar-refractivity contribution in [1.29, 1.82) is 0 Å². The number of fused-ring (bicyclic) bond motifs is 6. The van der Waals surface area contributed by atoms with Crippen molar-refractivity contribution in [2.45, 2.75) is 31.3 Å². The van der Waals surface area contributed by atoms with Gasteiger partial charge in [0.1, 0.15) is 0 Å². The summed E-state index contributed by atoms with van der Waals surface area (Å²) in [4.78, 5) is 0. The Kier molecular flexibility index (Phi) is 2.33. The summed E-state index contributed by atoms with van der Waals surface area (Å²) in [6.45, 7) is 2.31. The third-order valence-corrected chi connectivity index (χ3v) is 4.80. The van der Waals surface area contributed by atoms with E-state index in [0.29, 0.717) is 6.04 Å². The second kappa shape index (κ2) is 3.84. The average Bonchev–Trinajstić information content (AvgIpc) is 2.55. The summed E-state index contributed by atoms with van der Waals surface area (Å²) < 4.78 is 0. The lowest BCUT2D eigenvalue weighted by atomic mass is 9.82. The van der Waals surface area contributed by atoms with Gasteiger partial charge in [0.05, 0.1) is 0 Å². The summed E-state index contributed by atoms with van der Waals surface area (Å²) in [5, 5.41) is 4.65. The lowest BCUT2D eigenvalue weighted by Gasteiger charge is -2.26. The van der Waals surface area contributed by atoms with Crippen molar-refractivity contribution >= 4 is 11.6 Å². The molecule has 2 heterocycles. The molecule has 2 aliphatic heterocycles. The highest BCUT2D eigenvalue weighted by Gasteiger charge is 2.42. The van der Waals surface area contributed by atoms with Gasteiger partial charge >= 0.3 is 0 Å². The van der Waals surface area contributed by atoms with Gasteiger partial charge in [-0.25, -0.2) is 0 Å². The van der Waals surface area contributed by atoms with Crippen molar-refractivity contribution in [1.82, 2.24) is 5.32 Å². The summed E-state index contributed by atoms with van der Waals surface area (Å²) in [5.74, 6) is 0. The molecule has 0 fully saturated rings. The molecule has 0 aromatic heterocycles. The second-order valence-electron chi connectivity index (χ2n) is 5.91. The lowest BCUT2D eigenvalue weighted by molar-refractivity contribution is 0.368. The molecule has 0 aliphatic carbocycles. The second-order valence-corrected chi connectivity index (χ2v) is 6.35. The van der Waals surface area contributed by atoms with E-state index in [2.05, 4.69) is 48.6 Å². The van der Waals surface area contributed by atoms with Crippen LogP contribution in [0.1, 0.15) is 35.2 Å². The highest BCUT2D eigenvalue weighted by atomic mass is 35.5. The lowest BCUT2D eigenvalue weighted by Crippen LogP contribution is -2.36. The van der Waals surface area contributed by atoms with Gasteiger partial charge in [-0.1, -0.05) is 41.9 Å². The molecule has 0 amide bonds. The zero-order chi connectivity index (χ0) is 13.0. The quantitative estimate of drug-likeness (QED) is 0.762. The molecule has 4 rings (SSSR count). The van der Waals surface area contributed by atoms with Crippen LogP contribution in [0.2, 0.25) is 5.02 Å². The zero-order valence-electron chi connectivity index (χ0n) is 10.9. The number of benzene rings is 2. The fourth-order valence-corrected chi connectivity index (χ4v) is 3.88. The van der Waals surface area contributed by atoms with Crippen LogP contribution in [0.3, 0.4) is 0 Å². The molecule has 2 aromatic rings. The van der Waals surface area contributed by atoms with E-state index in [1.54, 1.807) is 0 Å². The number of hydrogen-bond acceptors (Lipinski definition) is 1. The first kappa shape index (κ1) is 11.5. The molecule has 2 unspecified atom stereocenters. The van der Waals surface area contributed by atoms with E-state index >= 15 is 0 Å². The van der Waals surface area contributed by atoms with Crippen molar-refractivity contribution in [3.63, 3.8) is 0 Å². The third-order valence-electron chi connectivity index (χ3n) is 4.56. The van der Waals surface area contributed by atoms with Crippen LogP contribution in [0.5, 0.6) is 0 Å². The minimum atomic E-state index is 0.0389. The van der Waals surface area contributed by atoms with Gasteiger partial charge in [0.15, 0.2) is 0 Å². The molecule has 96 valence electrons. The summed E-state index contributed by atoms with van der Waals surface area (Å²) in [6, 6.07) is 15.5. The maximum atomic E-state index is 6.17. The van der Waals surface area contributed by atoms with Crippen LogP contribution in [0.4, 0.5) is 0 Å². The van der Waals surface area contributed by atoms with Crippen LogP contribution in [-0.2, 0) is 18.4 Å². The maximum Gasteiger partial charge on any atom is 0.0455 e. The van der Waals surface area contributed by atoms with Gasteiger partial charge in [0.2, 0.25) is 0 Å². The predicted molar refractivity (Wildman–Crippen MR) is 78.5 cm³/mol. The van der Waals surface area contributed by atoms with Crippen molar-refractivity contribution in [2.24, 2.45) is 0 Å².